The van der Waals surface area contributed by atoms with E-state index < -0.39 is 0 Å². The van der Waals surface area contributed by atoms with E-state index in [1.54, 1.807) is 18.7 Å². The lowest BCUT2D eigenvalue weighted by molar-refractivity contribution is -0.121. The zero-order chi connectivity index (χ0) is 23.2. The summed E-state index contributed by atoms with van der Waals surface area (Å²) in [5.74, 6) is 1.53. The summed E-state index contributed by atoms with van der Waals surface area (Å²) in [6, 6.07) is 15.6. The lowest BCUT2D eigenvalue weighted by Gasteiger charge is -2.21. The summed E-state index contributed by atoms with van der Waals surface area (Å²) in [5, 5.41) is 4.56. The van der Waals surface area contributed by atoms with Crippen molar-refractivity contribution in [2.75, 3.05) is 7.11 Å². The fraction of sp³-hybridized carbons (Fsp3) is 0.429. The highest BCUT2D eigenvalue weighted by molar-refractivity contribution is 5.98. The topological polar surface area (TPSA) is 60.3 Å². The van der Waals surface area contributed by atoms with Crippen molar-refractivity contribution < 1.29 is 9.53 Å². The number of hydrogen-bond acceptors (Lipinski definition) is 3. The Balaban J connectivity index is 1.59. The minimum Gasteiger partial charge on any atom is -0.497 e. The predicted molar refractivity (Wildman–Crippen MR) is 133 cm³/mol. The molecule has 0 radical (unpaired) electrons. The van der Waals surface area contributed by atoms with Gasteiger partial charge in [-0.05, 0) is 42.5 Å². The Kier molecular flexibility index (Phi) is 7.48. The van der Waals surface area contributed by atoms with Crippen LogP contribution in [0.1, 0.15) is 57.1 Å². The normalized spacial score (nSPS) is 14.4. The second kappa shape index (κ2) is 10.7. The third-order valence-corrected chi connectivity index (χ3v) is 6.98. The van der Waals surface area contributed by atoms with Crippen molar-refractivity contribution in [1.29, 1.82) is 0 Å². The van der Waals surface area contributed by atoms with Crippen LogP contribution in [0.15, 0.2) is 53.3 Å². The van der Waals surface area contributed by atoms with Crippen molar-refractivity contribution in [3.8, 4) is 16.9 Å². The second-order valence-corrected chi connectivity index (χ2v) is 9.14. The van der Waals surface area contributed by atoms with Crippen LogP contribution in [0, 0.1) is 5.92 Å². The highest BCUT2D eigenvalue weighted by Gasteiger charge is 2.18. The van der Waals surface area contributed by atoms with E-state index in [0.29, 0.717) is 24.1 Å². The van der Waals surface area contributed by atoms with E-state index in [9.17, 15) is 9.59 Å². The first kappa shape index (κ1) is 23.1. The van der Waals surface area contributed by atoms with E-state index >= 15 is 0 Å². The molecule has 1 amide bonds. The Morgan fingerprint density at radius 2 is 1.82 bits per heavy atom. The van der Waals surface area contributed by atoms with Crippen LogP contribution in [0.2, 0.25) is 0 Å². The third kappa shape index (κ3) is 5.29. The number of benzene rings is 2. The predicted octanol–water partition coefficient (Wildman–Crippen LogP) is 5.58. The van der Waals surface area contributed by atoms with Gasteiger partial charge in [-0.2, -0.15) is 0 Å². The standard InChI is InChI=1S/C28H34N2O3/c1-30-25(19-29-26(31)15-9-12-20-10-5-3-6-11-20)27(21-13-7-4-8-14-21)24-18-22(33-2)16-17-23(24)28(30)32/h4,7-8,13-14,16-18,20H,3,5-6,9-12,15,19H2,1-2H3,(H,29,31). The van der Waals surface area contributed by atoms with Crippen LogP contribution in [-0.2, 0) is 18.4 Å². The zero-order valence-electron chi connectivity index (χ0n) is 19.7. The SMILES string of the molecule is COc1ccc2c(=O)n(C)c(CNC(=O)CCCC3CCCCC3)c(-c3ccccc3)c2c1. The Hall–Kier alpha value is -3.08. The average Bonchev–Trinajstić information content (AvgIpc) is 2.86. The molecule has 2 aromatic carbocycles. The number of nitrogens with zero attached hydrogens (tertiary/aromatic N) is 1. The molecule has 5 nitrogen and oxygen atoms in total. The average molecular weight is 447 g/mol. The van der Waals surface area contributed by atoms with Gasteiger partial charge in [0, 0.05) is 35.5 Å². The molecule has 0 atom stereocenters. The Labute approximate surface area is 195 Å². The molecule has 3 aromatic rings. The molecule has 0 spiro atoms. The van der Waals surface area contributed by atoms with Crippen LogP contribution in [0.25, 0.3) is 21.9 Å². The molecule has 1 aliphatic rings. The molecule has 1 fully saturated rings. The molecule has 1 saturated carbocycles. The van der Waals surface area contributed by atoms with E-state index in [1.807, 2.05) is 48.5 Å². The largest absolute Gasteiger partial charge is 0.497 e. The van der Waals surface area contributed by atoms with Gasteiger partial charge >= 0.3 is 0 Å². The number of hydrogen-bond donors (Lipinski definition) is 1. The number of pyridine rings is 1. The monoisotopic (exact) mass is 446 g/mol. The van der Waals surface area contributed by atoms with Crippen LogP contribution in [0.5, 0.6) is 5.75 Å². The minimum absolute atomic E-state index is 0.0445. The molecule has 33 heavy (non-hydrogen) atoms. The van der Waals surface area contributed by atoms with E-state index in [-0.39, 0.29) is 11.5 Å². The fourth-order valence-corrected chi connectivity index (χ4v) is 5.10. The Morgan fingerprint density at radius 1 is 1.06 bits per heavy atom. The molecule has 0 unspecified atom stereocenters. The molecule has 1 N–H and O–H groups in total. The van der Waals surface area contributed by atoms with E-state index in [2.05, 4.69) is 5.32 Å². The molecular formula is C28H34N2O3. The maximum absolute atomic E-state index is 13.1. The lowest BCUT2D eigenvalue weighted by atomic mass is 9.86. The summed E-state index contributed by atoms with van der Waals surface area (Å²) in [6.07, 6.45) is 9.24. The van der Waals surface area contributed by atoms with Crippen molar-refractivity contribution in [3.05, 3.63) is 64.6 Å². The molecule has 0 bridgehead atoms. The summed E-state index contributed by atoms with van der Waals surface area (Å²) in [6.45, 7) is 0.311. The summed E-state index contributed by atoms with van der Waals surface area (Å²) in [7, 11) is 3.40. The summed E-state index contributed by atoms with van der Waals surface area (Å²) < 4.78 is 7.10. The number of carbonyl (C=O) groups excluding carboxylic acids is 1. The number of ether oxygens (including phenoxy) is 1. The molecule has 0 saturated heterocycles. The van der Waals surface area contributed by atoms with Gasteiger partial charge in [-0.15, -0.1) is 0 Å². The van der Waals surface area contributed by atoms with Gasteiger partial charge in [-0.3, -0.25) is 9.59 Å². The summed E-state index contributed by atoms with van der Waals surface area (Å²) in [4.78, 5) is 25.8. The van der Waals surface area contributed by atoms with Crippen LogP contribution >= 0.6 is 0 Å². The highest BCUT2D eigenvalue weighted by atomic mass is 16.5. The van der Waals surface area contributed by atoms with Crippen LogP contribution in [0.4, 0.5) is 0 Å². The maximum atomic E-state index is 13.1. The Morgan fingerprint density at radius 3 is 2.55 bits per heavy atom. The van der Waals surface area contributed by atoms with Crippen molar-refractivity contribution in [3.63, 3.8) is 0 Å². The number of methoxy groups -OCH3 is 1. The van der Waals surface area contributed by atoms with Gasteiger partial charge in [-0.1, -0.05) is 62.4 Å². The molecule has 1 aliphatic carbocycles. The van der Waals surface area contributed by atoms with Crippen LogP contribution in [-0.4, -0.2) is 17.6 Å². The first-order chi connectivity index (χ1) is 16.1. The maximum Gasteiger partial charge on any atom is 0.258 e. The van der Waals surface area contributed by atoms with Gasteiger partial charge in [0.15, 0.2) is 0 Å². The molecule has 0 aliphatic heterocycles. The smallest absolute Gasteiger partial charge is 0.258 e. The first-order valence-electron chi connectivity index (χ1n) is 12.1. The summed E-state index contributed by atoms with van der Waals surface area (Å²) in [5.41, 5.74) is 2.68. The van der Waals surface area contributed by atoms with Gasteiger partial charge < -0.3 is 14.6 Å². The quantitative estimate of drug-likeness (QED) is 0.491. The van der Waals surface area contributed by atoms with Crippen LogP contribution in [0.3, 0.4) is 0 Å². The van der Waals surface area contributed by atoms with E-state index in [0.717, 1.165) is 41.0 Å². The van der Waals surface area contributed by atoms with Gasteiger partial charge in [-0.25, -0.2) is 0 Å². The molecule has 1 heterocycles. The zero-order valence-corrected chi connectivity index (χ0v) is 19.7. The van der Waals surface area contributed by atoms with Crippen LogP contribution < -0.4 is 15.6 Å². The number of carbonyl (C=O) groups is 1. The lowest BCUT2D eigenvalue weighted by Crippen LogP contribution is -2.29. The van der Waals surface area contributed by atoms with Gasteiger partial charge in [0.2, 0.25) is 5.91 Å². The van der Waals surface area contributed by atoms with Crippen molar-refractivity contribution in [2.45, 2.75) is 57.9 Å². The molecule has 4 rings (SSSR count). The number of nitrogens with one attached hydrogen (secondary N) is 1. The van der Waals surface area contributed by atoms with Crippen molar-refractivity contribution in [2.24, 2.45) is 13.0 Å². The fourth-order valence-electron chi connectivity index (χ4n) is 5.10. The van der Waals surface area contributed by atoms with Gasteiger partial charge in [0.25, 0.3) is 5.56 Å². The second-order valence-electron chi connectivity index (χ2n) is 9.14. The first-order valence-corrected chi connectivity index (χ1v) is 12.1. The van der Waals surface area contributed by atoms with E-state index in [1.165, 1.54) is 32.1 Å². The number of amides is 1. The molecule has 5 heteroatoms. The highest BCUT2D eigenvalue weighted by Crippen LogP contribution is 2.33. The Bertz CT molecular complexity index is 1160. The summed E-state index contributed by atoms with van der Waals surface area (Å²) >= 11 is 0. The number of rotatable bonds is 8. The van der Waals surface area contributed by atoms with Gasteiger partial charge in [0.1, 0.15) is 5.75 Å². The number of aromatic nitrogens is 1. The van der Waals surface area contributed by atoms with Crippen molar-refractivity contribution in [1.82, 2.24) is 9.88 Å². The minimum atomic E-state index is -0.0751. The molecule has 174 valence electrons. The molecular weight excluding hydrogens is 412 g/mol. The number of fused-ring (bicyclic) bond motifs is 1. The van der Waals surface area contributed by atoms with Crippen molar-refractivity contribution >= 4 is 16.7 Å². The van der Waals surface area contributed by atoms with Gasteiger partial charge in [0.05, 0.1) is 13.7 Å². The molecule has 1 aromatic heterocycles. The van der Waals surface area contributed by atoms with E-state index in [4.69, 9.17) is 4.74 Å². The third-order valence-electron chi connectivity index (χ3n) is 6.98.